The molecule has 0 fully saturated rings. The molecule has 0 heterocycles. The normalized spacial score (nSPS) is 13.3. The highest BCUT2D eigenvalue weighted by Crippen LogP contribution is 2.37. The van der Waals surface area contributed by atoms with Gasteiger partial charge in [0.15, 0.2) is 0 Å². The van der Waals surface area contributed by atoms with Gasteiger partial charge in [0.05, 0.1) is 0 Å². The van der Waals surface area contributed by atoms with Gasteiger partial charge in [0.2, 0.25) is 6.41 Å². The molecule has 0 radical (unpaired) electrons. The van der Waals surface area contributed by atoms with E-state index >= 15 is 0 Å². The molecule has 1 amide bonds. The van der Waals surface area contributed by atoms with Crippen LogP contribution in [-0.2, 0) is 37.0 Å². The van der Waals surface area contributed by atoms with E-state index in [9.17, 15) is 0 Å². The number of amides is 1. The summed E-state index contributed by atoms with van der Waals surface area (Å²) in [6, 6.07) is 10.7. The van der Waals surface area contributed by atoms with E-state index in [-0.39, 0.29) is 6.41 Å². The zero-order valence-corrected chi connectivity index (χ0v) is 17.0. The number of benzene rings is 2. The van der Waals surface area contributed by atoms with Crippen LogP contribution in [0.2, 0.25) is 0 Å². The minimum absolute atomic E-state index is 0.250. The second-order valence-electron chi connectivity index (χ2n) is 7.05. The van der Waals surface area contributed by atoms with Crippen molar-refractivity contribution in [2.24, 2.45) is 10.9 Å². The fraction of sp³-hybridized carbons (Fsp3) is 0.381. The highest BCUT2D eigenvalue weighted by molar-refractivity contribution is 7.97. The van der Waals surface area contributed by atoms with Crippen molar-refractivity contribution < 1.29 is 4.79 Å². The minimum Gasteiger partial charge on any atom is -0.398 e. The molecule has 0 aliphatic heterocycles. The Morgan fingerprint density at radius 3 is 2.15 bits per heavy atom. The molecule has 2 aromatic carbocycles. The Labute approximate surface area is 166 Å². The molecule has 6 heteroatoms. The van der Waals surface area contributed by atoms with Crippen LogP contribution in [0, 0.1) is 0 Å². The van der Waals surface area contributed by atoms with Gasteiger partial charge in [0.25, 0.3) is 0 Å². The van der Waals surface area contributed by atoms with E-state index < -0.39 is 0 Å². The Bertz CT molecular complexity index is 760. The number of fused-ring (bicyclic) bond motifs is 2. The molecule has 0 bridgehead atoms. The first-order valence-electron chi connectivity index (χ1n) is 9.17. The summed E-state index contributed by atoms with van der Waals surface area (Å²) < 4.78 is 0. The molecule has 0 unspecified atom stereocenters. The van der Waals surface area contributed by atoms with Crippen molar-refractivity contribution in [1.82, 2.24) is 4.90 Å². The maximum Gasteiger partial charge on any atom is 0.204 e. The third-order valence-corrected chi connectivity index (χ3v) is 5.39. The fourth-order valence-corrected chi connectivity index (χ4v) is 3.82. The van der Waals surface area contributed by atoms with Crippen LogP contribution in [0.15, 0.2) is 35.2 Å². The molecule has 0 saturated carbocycles. The molecule has 0 atom stereocenters. The number of anilines is 1. The molecule has 27 heavy (non-hydrogen) atoms. The highest BCUT2D eigenvalue weighted by Gasteiger charge is 2.23. The van der Waals surface area contributed by atoms with Gasteiger partial charge in [-0.1, -0.05) is 18.2 Å². The largest absolute Gasteiger partial charge is 0.398 e. The lowest BCUT2D eigenvalue weighted by Gasteiger charge is -2.23. The quantitative estimate of drug-likeness (QED) is 0.428. The van der Waals surface area contributed by atoms with E-state index in [1.165, 1.54) is 71.9 Å². The predicted molar refractivity (Wildman–Crippen MR) is 114 cm³/mol. The van der Waals surface area contributed by atoms with Gasteiger partial charge in [-0.15, -0.1) is 0 Å². The third-order valence-electron chi connectivity index (χ3n) is 4.85. The molecule has 0 aromatic heterocycles. The SMILES string of the molecule is CN(C)Cc1ccc(SN)cc1.NC=O.Nc1c2c(cc3c1CC3)CCC2. The lowest BCUT2D eigenvalue weighted by molar-refractivity contribution is -0.106. The van der Waals surface area contributed by atoms with Crippen molar-refractivity contribution in [2.75, 3.05) is 19.8 Å². The van der Waals surface area contributed by atoms with E-state index in [0.29, 0.717) is 0 Å². The monoisotopic (exact) mass is 386 g/mol. The number of nitrogens with two attached hydrogens (primary N) is 3. The summed E-state index contributed by atoms with van der Waals surface area (Å²) in [6.07, 6.45) is 6.50. The number of hydrogen-bond donors (Lipinski definition) is 3. The molecule has 2 aliphatic rings. The van der Waals surface area contributed by atoms with Crippen LogP contribution in [0.25, 0.3) is 0 Å². The number of nitrogen functional groups attached to an aromatic ring is 1. The van der Waals surface area contributed by atoms with E-state index in [1.807, 2.05) is 12.1 Å². The Morgan fingerprint density at radius 1 is 1.04 bits per heavy atom. The molecule has 5 nitrogen and oxygen atoms in total. The second-order valence-corrected chi connectivity index (χ2v) is 7.76. The van der Waals surface area contributed by atoms with Crippen LogP contribution in [0.3, 0.4) is 0 Å². The summed E-state index contributed by atoms with van der Waals surface area (Å²) >= 11 is 1.28. The number of carbonyl (C=O) groups is 1. The molecule has 0 saturated heterocycles. The van der Waals surface area contributed by atoms with Gasteiger partial charge in [-0.05, 0) is 98.1 Å². The average Bonchev–Trinajstić information content (AvgIpc) is 3.08. The Morgan fingerprint density at radius 2 is 1.63 bits per heavy atom. The van der Waals surface area contributed by atoms with Crippen molar-refractivity contribution in [3.63, 3.8) is 0 Å². The van der Waals surface area contributed by atoms with Crippen LogP contribution in [0.4, 0.5) is 5.69 Å². The molecular formula is C21H30N4OS. The first-order chi connectivity index (χ1) is 13.0. The average molecular weight is 387 g/mol. The van der Waals surface area contributed by atoms with Crippen molar-refractivity contribution >= 4 is 24.0 Å². The fourth-order valence-electron chi connectivity index (χ4n) is 3.53. The van der Waals surface area contributed by atoms with Gasteiger partial charge in [-0.25, -0.2) is 0 Å². The molecule has 4 rings (SSSR count). The summed E-state index contributed by atoms with van der Waals surface area (Å²) in [5, 5.41) is 5.41. The van der Waals surface area contributed by atoms with Crippen molar-refractivity contribution in [1.29, 1.82) is 0 Å². The molecule has 2 aromatic rings. The van der Waals surface area contributed by atoms with Crippen LogP contribution in [0.5, 0.6) is 0 Å². The number of carbonyl (C=O) groups excluding carboxylic acids is 1. The Hall–Kier alpha value is -2.02. The van der Waals surface area contributed by atoms with E-state index in [0.717, 1.165) is 17.1 Å². The molecular weight excluding hydrogens is 356 g/mol. The summed E-state index contributed by atoms with van der Waals surface area (Å²) in [7, 11) is 4.12. The molecule has 2 aliphatic carbocycles. The summed E-state index contributed by atoms with van der Waals surface area (Å²) in [4.78, 5) is 11.8. The summed E-state index contributed by atoms with van der Waals surface area (Å²) in [6.45, 7) is 0.982. The topological polar surface area (TPSA) is 98.4 Å². The van der Waals surface area contributed by atoms with Gasteiger partial charge in [0, 0.05) is 17.1 Å². The van der Waals surface area contributed by atoms with E-state index in [1.54, 1.807) is 0 Å². The Balaban J connectivity index is 0.000000170. The number of hydrogen-bond acceptors (Lipinski definition) is 5. The van der Waals surface area contributed by atoms with Gasteiger partial charge < -0.3 is 16.4 Å². The second kappa shape index (κ2) is 10.3. The predicted octanol–water partition coefficient (Wildman–Crippen LogP) is 2.67. The molecule has 146 valence electrons. The third kappa shape index (κ3) is 5.73. The van der Waals surface area contributed by atoms with Crippen molar-refractivity contribution in [2.45, 2.75) is 43.5 Å². The van der Waals surface area contributed by atoms with Gasteiger partial charge in [-0.3, -0.25) is 9.93 Å². The van der Waals surface area contributed by atoms with Crippen LogP contribution < -0.4 is 16.6 Å². The van der Waals surface area contributed by atoms with Crippen LogP contribution in [0.1, 0.15) is 34.2 Å². The number of nitrogens with zero attached hydrogens (tertiary/aromatic N) is 1. The smallest absolute Gasteiger partial charge is 0.204 e. The Kier molecular flexibility index (Phi) is 8.16. The minimum atomic E-state index is 0.250. The lowest BCUT2D eigenvalue weighted by atomic mass is 9.84. The number of primary amides is 1. The zero-order chi connectivity index (χ0) is 19.8. The van der Waals surface area contributed by atoms with E-state index in [4.69, 9.17) is 15.7 Å². The molecule has 0 spiro atoms. The maximum absolute atomic E-state index is 8.58. The highest BCUT2D eigenvalue weighted by atomic mass is 32.2. The number of aryl methyl sites for hydroxylation is 2. The van der Waals surface area contributed by atoms with Crippen LogP contribution in [-0.4, -0.2) is 25.4 Å². The summed E-state index contributed by atoms with van der Waals surface area (Å²) in [5.41, 5.74) is 18.7. The van der Waals surface area contributed by atoms with Crippen molar-refractivity contribution in [3.05, 3.63) is 58.1 Å². The van der Waals surface area contributed by atoms with Gasteiger partial charge >= 0.3 is 0 Å². The first-order valence-corrected chi connectivity index (χ1v) is 10.1. The van der Waals surface area contributed by atoms with Crippen molar-refractivity contribution in [3.8, 4) is 0 Å². The van der Waals surface area contributed by atoms with Crippen LogP contribution >= 0.6 is 11.9 Å². The van der Waals surface area contributed by atoms with Gasteiger partial charge in [-0.2, -0.15) is 0 Å². The zero-order valence-electron chi connectivity index (χ0n) is 16.2. The maximum atomic E-state index is 8.58. The standard InChI is InChI=1S/C11H13N.C9H14N2S.CH3NO/c12-11-9-3-1-2-7(9)6-8-4-5-10(8)11;1-11(2)7-8-3-5-9(12-10)6-4-8;2-1-3/h6H,1-5,12H2;3-6H,7,10H2,1-2H3;1H,(H2,2,3). The first kappa shape index (κ1) is 21.3. The summed E-state index contributed by atoms with van der Waals surface area (Å²) in [5.74, 6) is 0. The van der Waals surface area contributed by atoms with E-state index in [2.05, 4.69) is 42.9 Å². The number of rotatable bonds is 3. The lowest BCUT2D eigenvalue weighted by Crippen LogP contribution is -2.13. The molecule has 6 N–H and O–H groups in total. The van der Waals surface area contributed by atoms with Gasteiger partial charge in [0.1, 0.15) is 0 Å².